The lowest BCUT2D eigenvalue weighted by Crippen LogP contribution is -2.53. The molecular formula is C25H24ClF3N6O4. The summed E-state index contributed by atoms with van der Waals surface area (Å²) in [5.74, 6) is -3.88. The zero-order valence-corrected chi connectivity index (χ0v) is 21.5. The van der Waals surface area contributed by atoms with E-state index in [1.54, 1.807) is 19.1 Å². The Morgan fingerprint density at radius 3 is 2.46 bits per heavy atom. The van der Waals surface area contributed by atoms with Gasteiger partial charge in [-0.1, -0.05) is 29.8 Å². The molecule has 10 nitrogen and oxygen atoms in total. The Labute approximate surface area is 225 Å². The van der Waals surface area contributed by atoms with Crippen molar-refractivity contribution in [3.63, 3.8) is 0 Å². The Morgan fingerprint density at radius 1 is 1.08 bits per heavy atom. The van der Waals surface area contributed by atoms with Gasteiger partial charge >= 0.3 is 0 Å². The number of benzene rings is 2. The van der Waals surface area contributed by atoms with Gasteiger partial charge in [0.25, 0.3) is 0 Å². The molecule has 39 heavy (non-hydrogen) atoms. The molecule has 1 fully saturated rings. The molecule has 2 aromatic heterocycles. The largest absolute Gasteiger partial charge is 0.394 e. The van der Waals surface area contributed by atoms with Crippen LogP contribution in [0.5, 0.6) is 0 Å². The van der Waals surface area contributed by atoms with E-state index in [1.807, 2.05) is 13.0 Å². The number of aromatic nitrogens is 6. The maximum atomic E-state index is 13.8. The minimum atomic E-state index is -1.62. The van der Waals surface area contributed by atoms with Crippen LogP contribution < -0.4 is 0 Å². The first-order valence-corrected chi connectivity index (χ1v) is 12.4. The Kier molecular flexibility index (Phi) is 7.44. The number of hydrogen-bond acceptors (Lipinski definition) is 8. The SMILES string of the molecule is CCc1ccc(Cl)cc1-n1nc(C)nc1[C@@H]1O[C@H](CO)[C@H](O)[C@H](n2cc(-c3cc(F)c(F)c(F)c3)nn2)[C@H]1O. The van der Waals surface area contributed by atoms with E-state index in [0.29, 0.717) is 23.0 Å². The average Bonchev–Trinajstić information content (AvgIpc) is 3.54. The summed E-state index contributed by atoms with van der Waals surface area (Å²) >= 11 is 6.25. The maximum Gasteiger partial charge on any atom is 0.194 e. The van der Waals surface area contributed by atoms with E-state index in [4.69, 9.17) is 16.3 Å². The highest BCUT2D eigenvalue weighted by Crippen LogP contribution is 2.39. The third-order valence-corrected chi connectivity index (χ3v) is 6.87. The zero-order chi connectivity index (χ0) is 28.0. The van der Waals surface area contributed by atoms with E-state index < -0.39 is 54.5 Å². The summed E-state index contributed by atoms with van der Waals surface area (Å²) in [6, 6.07) is 5.57. The number of nitrogens with zero attached hydrogens (tertiary/aromatic N) is 6. The predicted octanol–water partition coefficient (Wildman–Crippen LogP) is 2.86. The molecule has 0 amide bonds. The number of aryl methyl sites for hydroxylation is 2. The summed E-state index contributed by atoms with van der Waals surface area (Å²) in [5.41, 5.74) is 1.36. The molecular weight excluding hydrogens is 541 g/mol. The minimum absolute atomic E-state index is 0.0404. The van der Waals surface area contributed by atoms with Crippen LogP contribution in [0.15, 0.2) is 36.5 Å². The summed E-state index contributed by atoms with van der Waals surface area (Å²) < 4.78 is 49.5. The van der Waals surface area contributed by atoms with Gasteiger partial charge in [-0.2, -0.15) is 5.10 Å². The molecule has 0 saturated carbocycles. The second-order valence-electron chi connectivity index (χ2n) is 9.14. The third kappa shape index (κ3) is 4.92. The van der Waals surface area contributed by atoms with E-state index in [1.165, 1.54) is 10.9 Å². The van der Waals surface area contributed by atoms with Gasteiger partial charge in [0, 0.05) is 10.6 Å². The van der Waals surface area contributed by atoms with Gasteiger partial charge < -0.3 is 20.1 Å². The number of aliphatic hydroxyl groups is 3. The van der Waals surface area contributed by atoms with Crippen molar-refractivity contribution >= 4 is 11.6 Å². The van der Waals surface area contributed by atoms with Gasteiger partial charge in [-0.3, -0.25) is 0 Å². The molecule has 1 aliphatic rings. The van der Waals surface area contributed by atoms with Crippen molar-refractivity contribution in [1.82, 2.24) is 29.8 Å². The molecule has 0 bridgehead atoms. The third-order valence-electron chi connectivity index (χ3n) is 6.64. The smallest absolute Gasteiger partial charge is 0.194 e. The van der Waals surface area contributed by atoms with Gasteiger partial charge in [0.15, 0.2) is 23.3 Å². The highest BCUT2D eigenvalue weighted by molar-refractivity contribution is 6.30. The first kappa shape index (κ1) is 27.2. The van der Waals surface area contributed by atoms with Crippen LogP contribution in [0.25, 0.3) is 16.9 Å². The molecule has 0 unspecified atom stereocenters. The molecule has 0 radical (unpaired) electrons. The van der Waals surface area contributed by atoms with Gasteiger partial charge in [-0.25, -0.2) is 27.5 Å². The second kappa shape index (κ2) is 10.7. The fraction of sp³-hybridized carbons (Fsp3) is 0.360. The van der Waals surface area contributed by atoms with E-state index in [2.05, 4.69) is 20.4 Å². The van der Waals surface area contributed by atoms with Crippen molar-refractivity contribution in [1.29, 1.82) is 0 Å². The first-order valence-electron chi connectivity index (χ1n) is 12.0. The maximum absolute atomic E-state index is 13.8. The number of rotatable bonds is 6. The molecule has 5 rings (SSSR count). The lowest BCUT2D eigenvalue weighted by atomic mass is 9.92. The molecule has 0 spiro atoms. The van der Waals surface area contributed by atoms with Crippen molar-refractivity contribution in [2.24, 2.45) is 0 Å². The number of ether oxygens (including phenoxy) is 1. The monoisotopic (exact) mass is 564 g/mol. The van der Waals surface area contributed by atoms with Crippen molar-refractivity contribution in [3.05, 3.63) is 76.2 Å². The fourth-order valence-corrected chi connectivity index (χ4v) is 4.88. The summed E-state index contributed by atoms with van der Waals surface area (Å²) in [6.07, 6.45) is -3.45. The van der Waals surface area contributed by atoms with Crippen LogP contribution in [0.4, 0.5) is 13.2 Å². The van der Waals surface area contributed by atoms with Crippen LogP contribution in [0, 0.1) is 24.4 Å². The Morgan fingerprint density at radius 2 is 1.79 bits per heavy atom. The quantitative estimate of drug-likeness (QED) is 0.305. The van der Waals surface area contributed by atoms with Gasteiger partial charge in [0.05, 0.1) is 18.5 Å². The van der Waals surface area contributed by atoms with Crippen LogP contribution in [-0.4, -0.2) is 70.0 Å². The van der Waals surface area contributed by atoms with Gasteiger partial charge in [-0.15, -0.1) is 5.10 Å². The molecule has 5 atom stereocenters. The van der Waals surface area contributed by atoms with Crippen molar-refractivity contribution in [3.8, 4) is 16.9 Å². The highest BCUT2D eigenvalue weighted by Gasteiger charge is 2.48. The van der Waals surface area contributed by atoms with Crippen LogP contribution >= 0.6 is 11.6 Å². The molecule has 4 aromatic rings. The minimum Gasteiger partial charge on any atom is -0.394 e. The first-order chi connectivity index (χ1) is 18.6. The van der Waals surface area contributed by atoms with Crippen molar-refractivity contribution in [2.75, 3.05) is 6.61 Å². The molecule has 3 N–H and O–H groups in total. The van der Waals surface area contributed by atoms with Gasteiger partial charge in [-0.05, 0) is 43.2 Å². The summed E-state index contributed by atoms with van der Waals surface area (Å²) in [6.45, 7) is 3.00. The van der Waals surface area contributed by atoms with Gasteiger partial charge in [0.2, 0.25) is 0 Å². The van der Waals surface area contributed by atoms with E-state index in [9.17, 15) is 28.5 Å². The molecule has 1 saturated heterocycles. The topological polar surface area (TPSA) is 131 Å². The number of aliphatic hydroxyl groups excluding tert-OH is 3. The highest BCUT2D eigenvalue weighted by atomic mass is 35.5. The molecule has 14 heteroatoms. The zero-order valence-electron chi connectivity index (χ0n) is 20.7. The molecule has 0 aliphatic carbocycles. The molecule has 206 valence electrons. The lowest BCUT2D eigenvalue weighted by Gasteiger charge is -2.41. The van der Waals surface area contributed by atoms with E-state index in [-0.39, 0.29) is 17.1 Å². The number of hydrogen-bond donors (Lipinski definition) is 3. The van der Waals surface area contributed by atoms with Gasteiger partial charge in [0.1, 0.15) is 42.0 Å². The second-order valence-corrected chi connectivity index (χ2v) is 9.58. The van der Waals surface area contributed by atoms with E-state index >= 15 is 0 Å². The molecule has 1 aliphatic heterocycles. The molecule has 3 heterocycles. The molecule has 2 aromatic carbocycles. The van der Waals surface area contributed by atoms with Crippen LogP contribution in [-0.2, 0) is 11.2 Å². The Hall–Kier alpha value is -3.36. The average molecular weight is 565 g/mol. The van der Waals surface area contributed by atoms with Crippen LogP contribution in [0.3, 0.4) is 0 Å². The van der Waals surface area contributed by atoms with E-state index in [0.717, 1.165) is 22.4 Å². The standard InChI is InChI=1S/C25H24ClF3N6O4/c1-3-12-4-5-14(26)8-18(12)35-25(30-11(2)32-35)24-23(38)21(22(37)19(10-36)39-24)34-9-17(31-33-34)13-6-15(27)20(29)16(28)7-13/h4-9,19,21-24,36-38H,3,10H2,1-2H3/t19-,21+,22+,23-,24-/m1/s1. The predicted molar refractivity (Wildman–Crippen MR) is 132 cm³/mol. The fourth-order valence-electron chi connectivity index (χ4n) is 4.71. The lowest BCUT2D eigenvalue weighted by molar-refractivity contribution is -0.210. The van der Waals surface area contributed by atoms with Crippen molar-refractivity contribution in [2.45, 2.75) is 50.7 Å². The van der Waals surface area contributed by atoms with Crippen LogP contribution in [0.2, 0.25) is 5.02 Å². The Bertz CT molecular complexity index is 1490. The van der Waals surface area contributed by atoms with Crippen LogP contribution in [0.1, 0.15) is 36.3 Å². The normalized spacial score (nSPS) is 23.4. The van der Waals surface area contributed by atoms with Crippen molar-refractivity contribution < 1.29 is 33.2 Å². The summed E-state index contributed by atoms with van der Waals surface area (Å²) in [5, 5.41) is 45.1. The number of halogens is 4. The Balaban J connectivity index is 1.56. The summed E-state index contributed by atoms with van der Waals surface area (Å²) in [7, 11) is 0. The summed E-state index contributed by atoms with van der Waals surface area (Å²) in [4.78, 5) is 4.46.